The van der Waals surface area contributed by atoms with Gasteiger partial charge in [0, 0.05) is 5.69 Å². The lowest BCUT2D eigenvalue weighted by atomic mass is 10.3. The van der Waals surface area contributed by atoms with E-state index in [0.717, 1.165) is 5.69 Å². The molecule has 0 aromatic heterocycles. The largest absolute Gasteiger partial charge is 0.362 e. The number of para-hydroxylation sites is 1. The van der Waals surface area contributed by atoms with E-state index in [2.05, 4.69) is 5.32 Å². The van der Waals surface area contributed by atoms with Gasteiger partial charge in [0.2, 0.25) is 0 Å². The van der Waals surface area contributed by atoms with E-state index in [-0.39, 0.29) is 0 Å². The minimum absolute atomic E-state index is 1.13. The van der Waals surface area contributed by atoms with E-state index in [9.17, 15) is 0 Å². The van der Waals surface area contributed by atoms with Crippen molar-refractivity contribution in [3.63, 3.8) is 0 Å². The second-order valence-electron chi connectivity index (χ2n) is 2.01. The van der Waals surface area contributed by atoms with Gasteiger partial charge in [0.1, 0.15) is 0 Å². The SMILES string of the molecule is C/C=C/Nc1ccccc1. The molecule has 1 rings (SSSR count). The normalized spacial score (nSPS) is 10.1. The van der Waals surface area contributed by atoms with Crippen LogP contribution in [0, 0.1) is 0 Å². The van der Waals surface area contributed by atoms with Gasteiger partial charge in [-0.15, -0.1) is 0 Å². The van der Waals surface area contributed by atoms with Crippen LogP contribution in [0.2, 0.25) is 0 Å². The summed E-state index contributed by atoms with van der Waals surface area (Å²) in [6, 6.07) is 10.1. The molecule has 0 atom stereocenters. The fraction of sp³-hybridized carbons (Fsp3) is 0.111. The third kappa shape index (κ3) is 1.94. The molecule has 0 amide bonds. The number of anilines is 1. The van der Waals surface area contributed by atoms with Gasteiger partial charge in [-0.25, -0.2) is 0 Å². The summed E-state index contributed by atoms with van der Waals surface area (Å²) >= 11 is 0. The Labute approximate surface area is 61.4 Å². The van der Waals surface area contributed by atoms with Crippen LogP contribution >= 0.6 is 0 Å². The zero-order chi connectivity index (χ0) is 7.23. The topological polar surface area (TPSA) is 12.0 Å². The van der Waals surface area contributed by atoms with E-state index in [4.69, 9.17) is 0 Å². The Bertz CT molecular complexity index is 201. The summed E-state index contributed by atoms with van der Waals surface area (Å²) in [5, 5.41) is 3.11. The van der Waals surface area contributed by atoms with Crippen LogP contribution in [-0.4, -0.2) is 0 Å². The van der Waals surface area contributed by atoms with Crippen molar-refractivity contribution in [3.8, 4) is 0 Å². The smallest absolute Gasteiger partial charge is 0.0379 e. The predicted molar refractivity (Wildman–Crippen MR) is 44.9 cm³/mol. The van der Waals surface area contributed by atoms with Crippen molar-refractivity contribution in [1.82, 2.24) is 0 Å². The number of rotatable bonds is 2. The zero-order valence-electron chi connectivity index (χ0n) is 6.04. The van der Waals surface area contributed by atoms with Crippen molar-refractivity contribution in [2.45, 2.75) is 6.92 Å². The van der Waals surface area contributed by atoms with Gasteiger partial charge >= 0.3 is 0 Å². The molecule has 52 valence electrons. The first-order chi connectivity index (χ1) is 4.93. The number of nitrogens with one attached hydrogen (secondary N) is 1. The Morgan fingerprint density at radius 1 is 1.20 bits per heavy atom. The van der Waals surface area contributed by atoms with Gasteiger partial charge in [-0.2, -0.15) is 0 Å². The number of benzene rings is 1. The fourth-order valence-corrected chi connectivity index (χ4v) is 0.714. The molecule has 1 aromatic carbocycles. The highest BCUT2D eigenvalue weighted by Crippen LogP contribution is 2.03. The molecular weight excluding hydrogens is 122 g/mol. The first kappa shape index (κ1) is 6.87. The summed E-state index contributed by atoms with van der Waals surface area (Å²) in [6.45, 7) is 1.98. The maximum absolute atomic E-state index is 3.11. The summed E-state index contributed by atoms with van der Waals surface area (Å²) in [7, 11) is 0. The molecule has 0 aliphatic carbocycles. The first-order valence-electron chi connectivity index (χ1n) is 3.36. The quantitative estimate of drug-likeness (QED) is 0.654. The highest BCUT2D eigenvalue weighted by Gasteiger charge is 1.80. The van der Waals surface area contributed by atoms with E-state index in [0.29, 0.717) is 0 Å². The van der Waals surface area contributed by atoms with Crippen LogP contribution in [0.15, 0.2) is 42.6 Å². The second kappa shape index (κ2) is 3.72. The number of hydrogen-bond acceptors (Lipinski definition) is 1. The van der Waals surface area contributed by atoms with Gasteiger partial charge in [0.25, 0.3) is 0 Å². The predicted octanol–water partition coefficient (Wildman–Crippen LogP) is 2.63. The van der Waals surface area contributed by atoms with Crippen molar-refractivity contribution < 1.29 is 0 Å². The summed E-state index contributed by atoms with van der Waals surface area (Å²) in [5.41, 5.74) is 1.13. The van der Waals surface area contributed by atoms with Crippen LogP contribution in [0.25, 0.3) is 0 Å². The lowest BCUT2D eigenvalue weighted by Gasteiger charge is -1.96. The van der Waals surface area contributed by atoms with Crippen LogP contribution < -0.4 is 5.32 Å². The maximum atomic E-state index is 3.11. The first-order valence-corrected chi connectivity index (χ1v) is 3.36. The maximum Gasteiger partial charge on any atom is 0.0379 e. The summed E-state index contributed by atoms with van der Waals surface area (Å²) in [5.74, 6) is 0. The Morgan fingerprint density at radius 3 is 2.50 bits per heavy atom. The molecule has 10 heavy (non-hydrogen) atoms. The van der Waals surface area contributed by atoms with Crippen LogP contribution in [0.3, 0.4) is 0 Å². The molecule has 0 spiro atoms. The molecule has 1 heteroatoms. The van der Waals surface area contributed by atoms with Crippen LogP contribution in [0.4, 0.5) is 5.69 Å². The van der Waals surface area contributed by atoms with Gasteiger partial charge in [-0.3, -0.25) is 0 Å². The van der Waals surface area contributed by atoms with Crippen molar-refractivity contribution >= 4 is 5.69 Å². The van der Waals surface area contributed by atoms with Gasteiger partial charge in [-0.05, 0) is 25.3 Å². The van der Waals surface area contributed by atoms with E-state index in [1.165, 1.54) is 0 Å². The van der Waals surface area contributed by atoms with E-state index in [1.807, 2.05) is 49.5 Å². The molecule has 0 heterocycles. The summed E-state index contributed by atoms with van der Waals surface area (Å²) < 4.78 is 0. The molecule has 1 N–H and O–H groups in total. The molecule has 0 aliphatic rings. The third-order valence-corrected chi connectivity index (χ3v) is 1.19. The van der Waals surface area contributed by atoms with Gasteiger partial charge in [0.15, 0.2) is 0 Å². The van der Waals surface area contributed by atoms with E-state index >= 15 is 0 Å². The average molecular weight is 133 g/mol. The molecule has 0 saturated carbocycles. The van der Waals surface area contributed by atoms with Gasteiger partial charge in [-0.1, -0.05) is 24.3 Å². The monoisotopic (exact) mass is 133 g/mol. The Balaban J connectivity index is 2.59. The molecule has 0 fully saturated rings. The van der Waals surface area contributed by atoms with Crippen LogP contribution in [-0.2, 0) is 0 Å². The van der Waals surface area contributed by atoms with Gasteiger partial charge < -0.3 is 5.32 Å². The summed E-state index contributed by atoms with van der Waals surface area (Å²) in [6.07, 6.45) is 3.88. The Morgan fingerprint density at radius 2 is 1.90 bits per heavy atom. The Hall–Kier alpha value is -1.24. The van der Waals surface area contributed by atoms with Crippen molar-refractivity contribution in [2.24, 2.45) is 0 Å². The Kier molecular flexibility index (Phi) is 2.56. The minimum Gasteiger partial charge on any atom is -0.362 e. The molecule has 0 unspecified atom stereocenters. The standard InChI is InChI=1S/C9H11N/c1-2-8-10-9-6-4-3-5-7-9/h2-8,10H,1H3/b8-2+. The highest BCUT2D eigenvalue weighted by molar-refractivity contribution is 5.44. The van der Waals surface area contributed by atoms with Crippen LogP contribution in [0.5, 0.6) is 0 Å². The van der Waals surface area contributed by atoms with Crippen molar-refractivity contribution in [2.75, 3.05) is 5.32 Å². The minimum atomic E-state index is 1.13. The average Bonchev–Trinajstić information content (AvgIpc) is 2.03. The molecule has 0 saturated heterocycles. The molecular formula is C9H11N. The molecule has 0 aliphatic heterocycles. The molecule has 1 aromatic rings. The number of allylic oxidation sites excluding steroid dienone is 1. The fourth-order valence-electron chi connectivity index (χ4n) is 0.714. The van der Waals surface area contributed by atoms with E-state index < -0.39 is 0 Å². The lowest BCUT2D eigenvalue weighted by molar-refractivity contribution is 1.56. The number of hydrogen-bond donors (Lipinski definition) is 1. The lowest BCUT2D eigenvalue weighted by Crippen LogP contribution is -1.83. The summed E-state index contributed by atoms with van der Waals surface area (Å²) in [4.78, 5) is 0. The molecule has 1 nitrogen and oxygen atoms in total. The van der Waals surface area contributed by atoms with Crippen LogP contribution in [0.1, 0.15) is 6.92 Å². The van der Waals surface area contributed by atoms with Gasteiger partial charge in [0.05, 0.1) is 0 Å². The molecule has 0 radical (unpaired) electrons. The second-order valence-corrected chi connectivity index (χ2v) is 2.01. The van der Waals surface area contributed by atoms with E-state index in [1.54, 1.807) is 0 Å². The third-order valence-electron chi connectivity index (χ3n) is 1.19. The van der Waals surface area contributed by atoms with Crippen molar-refractivity contribution in [3.05, 3.63) is 42.6 Å². The highest BCUT2D eigenvalue weighted by atomic mass is 14.8. The zero-order valence-corrected chi connectivity index (χ0v) is 6.04. The van der Waals surface area contributed by atoms with Crippen molar-refractivity contribution in [1.29, 1.82) is 0 Å². The molecule has 0 bridgehead atoms.